The van der Waals surface area contributed by atoms with Crippen LogP contribution in [0.15, 0.2) is 0 Å². The van der Waals surface area contributed by atoms with Crippen molar-refractivity contribution in [3.63, 3.8) is 0 Å². The summed E-state index contributed by atoms with van der Waals surface area (Å²) in [4.78, 5) is 11.4. The Morgan fingerprint density at radius 1 is 1.00 bits per heavy atom. The lowest BCUT2D eigenvalue weighted by Crippen LogP contribution is -2.60. The Bertz CT molecular complexity index is 273. The van der Waals surface area contributed by atoms with Crippen LogP contribution in [0.1, 0.15) is 0 Å². The topological polar surface area (TPSA) is 26.3 Å². The van der Waals surface area contributed by atoms with Crippen LogP contribution in [-0.4, -0.2) is 30.2 Å². The summed E-state index contributed by atoms with van der Waals surface area (Å²) in [5, 5.41) is 0. The molecule has 0 unspecified atom stereocenters. The largest absolute Gasteiger partial charge is 0.424 e. The Balaban J connectivity index is 5.42. The van der Waals surface area contributed by atoms with Crippen LogP contribution in [0.2, 0.25) is 0 Å². The molecule has 16 heavy (non-hydrogen) atoms. The minimum absolute atomic E-state index is 1.63. The third kappa shape index (κ3) is 1.89. The van der Waals surface area contributed by atoms with Gasteiger partial charge >= 0.3 is 30.2 Å². The van der Waals surface area contributed by atoms with E-state index in [1.807, 2.05) is 0 Å². The lowest BCUT2D eigenvalue weighted by molar-refractivity contribution is -0.338. The second-order valence-corrected chi connectivity index (χ2v) is 2.44. The van der Waals surface area contributed by atoms with Crippen molar-refractivity contribution >= 4 is 5.97 Å². The molecule has 0 aromatic heterocycles. The molecule has 11 heteroatoms. The first-order valence-corrected chi connectivity index (χ1v) is 3.17. The molecule has 2 nitrogen and oxygen atoms in total. The first-order valence-electron chi connectivity index (χ1n) is 3.17. The van der Waals surface area contributed by atoms with Gasteiger partial charge in [-0.3, -0.25) is 0 Å². The maximum atomic E-state index is 12.2. The monoisotopic (exact) mass is 264 g/mol. The van der Waals surface area contributed by atoms with Gasteiger partial charge < -0.3 is 0 Å². The van der Waals surface area contributed by atoms with Crippen LogP contribution in [0.5, 0.6) is 0 Å². The van der Waals surface area contributed by atoms with Crippen molar-refractivity contribution in [1.29, 1.82) is 0 Å². The van der Waals surface area contributed by atoms with E-state index in [4.69, 9.17) is 0 Å². The highest BCUT2D eigenvalue weighted by molar-refractivity contribution is 5.78. The molecule has 0 aromatic rings. The van der Waals surface area contributed by atoms with Crippen molar-refractivity contribution in [3.05, 3.63) is 0 Å². The highest BCUT2D eigenvalue weighted by atomic mass is 19.4. The van der Waals surface area contributed by atoms with Gasteiger partial charge in [-0.2, -0.15) is 26.3 Å². The number of rotatable bonds is 4. The highest BCUT2D eigenvalue weighted by Crippen LogP contribution is 2.48. The quantitative estimate of drug-likeness (QED) is 0.729. The number of alkyl halides is 8. The van der Waals surface area contributed by atoms with Crippen molar-refractivity contribution in [1.82, 2.24) is 0 Å². The number of carbonyl (C=O) groups is 1. The second-order valence-electron chi connectivity index (χ2n) is 2.44. The first-order chi connectivity index (χ1) is 6.92. The molecular weight excluding hydrogens is 263 g/mol. The van der Waals surface area contributed by atoms with Crippen molar-refractivity contribution in [3.8, 4) is 0 Å². The van der Waals surface area contributed by atoms with Gasteiger partial charge in [-0.1, -0.05) is 0 Å². The van der Waals surface area contributed by atoms with E-state index < -0.39 is 30.2 Å². The lowest BCUT2D eigenvalue weighted by atomic mass is 10.1. The summed E-state index contributed by atoms with van der Waals surface area (Å²) in [5.41, 5.74) is 0. The minimum atomic E-state index is -6.79. The van der Waals surface area contributed by atoms with Gasteiger partial charge in [-0.15, -0.1) is 0 Å². The van der Waals surface area contributed by atoms with Crippen LogP contribution >= 0.6 is 0 Å². The van der Waals surface area contributed by atoms with Crippen LogP contribution in [0.25, 0.3) is 0 Å². The summed E-state index contributed by atoms with van der Waals surface area (Å²) in [7, 11) is 0. The van der Waals surface area contributed by atoms with Crippen LogP contribution in [0.3, 0.4) is 0 Å². The Morgan fingerprint density at radius 2 is 1.38 bits per heavy atom. The first kappa shape index (κ1) is 14.8. The number of carbonyl (C=O) groups excluding carboxylic acids is 1. The maximum Gasteiger partial charge on any atom is 0.424 e. The van der Waals surface area contributed by atoms with Gasteiger partial charge in [0.2, 0.25) is 0 Å². The number of hydrogen-bond acceptors (Lipinski definition) is 2. The fraction of sp³-hybridized carbons (Fsp3) is 0.800. The molecule has 0 atom stereocenters. The average molecular weight is 264 g/mol. The average Bonchev–Trinajstić information content (AvgIpc) is 2.15. The molecule has 0 spiro atoms. The SMILES string of the molecule is O=C(OF)C(F)(F)C(F)(F)C(F)(F)C(F)F. The van der Waals surface area contributed by atoms with E-state index in [2.05, 4.69) is 0 Å². The molecule has 0 saturated carbocycles. The smallest absolute Gasteiger partial charge is 0.248 e. The molecule has 0 amide bonds. The molecule has 0 saturated heterocycles. The van der Waals surface area contributed by atoms with Crippen molar-refractivity contribution in [2.75, 3.05) is 0 Å². The summed E-state index contributed by atoms with van der Waals surface area (Å²) in [5.74, 6) is -23.4. The second kappa shape index (κ2) is 4.01. The van der Waals surface area contributed by atoms with Crippen LogP contribution < -0.4 is 0 Å². The normalized spacial score (nSPS) is 14.1. The third-order valence-electron chi connectivity index (χ3n) is 1.41. The standard InChI is InChI=1S/C5HF9O2/c6-1(7)3(8,9)5(12,13)4(10,11)2(15)16-14/h1H. The Hall–Kier alpha value is -1.16. The van der Waals surface area contributed by atoms with Gasteiger partial charge in [-0.05, 0) is 0 Å². The Kier molecular flexibility index (Phi) is 3.72. The molecule has 0 aliphatic rings. The molecule has 0 aromatic carbocycles. The third-order valence-corrected chi connectivity index (χ3v) is 1.41. The maximum absolute atomic E-state index is 12.2. The molecule has 96 valence electrons. The zero-order chi connectivity index (χ0) is 13.4. The van der Waals surface area contributed by atoms with Gasteiger partial charge in [-0.25, -0.2) is 18.5 Å². The van der Waals surface area contributed by atoms with Crippen molar-refractivity contribution < 1.29 is 49.4 Å². The summed E-state index contributed by atoms with van der Waals surface area (Å²) < 4.78 is 106. The summed E-state index contributed by atoms with van der Waals surface area (Å²) in [6.07, 6.45) is -5.18. The molecule has 0 fully saturated rings. The van der Waals surface area contributed by atoms with Crippen LogP contribution in [0, 0.1) is 0 Å². The summed E-state index contributed by atoms with van der Waals surface area (Å²) in [6, 6.07) is 0. The summed E-state index contributed by atoms with van der Waals surface area (Å²) >= 11 is 0. The fourth-order valence-electron chi connectivity index (χ4n) is 0.523. The van der Waals surface area contributed by atoms with E-state index >= 15 is 0 Å². The van der Waals surface area contributed by atoms with E-state index in [-0.39, 0.29) is 0 Å². The molecule has 0 aliphatic carbocycles. The van der Waals surface area contributed by atoms with Crippen molar-refractivity contribution in [2.45, 2.75) is 24.2 Å². The molecule has 0 radical (unpaired) electrons. The Morgan fingerprint density at radius 3 is 1.62 bits per heavy atom. The van der Waals surface area contributed by atoms with Crippen molar-refractivity contribution in [2.24, 2.45) is 0 Å². The number of halogens is 9. The zero-order valence-electron chi connectivity index (χ0n) is 6.80. The van der Waals surface area contributed by atoms with E-state index in [0.29, 0.717) is 0 Å². The van der Waals surface area contributed by atoms with E-state index in [1.54, 1.807) is 4.94 Å². The van der Waals surface area contributed by atoms with Crippen LogP contribution in [0.4, 0.5) is 39.6 Å². The van der Waals surface area contributed by atoms with Gasteiger partial charge in [0.1, 0.15) is 0 Å². The molecular formula is C5HF9O2. The zero-order valence-corrected chi connectivity index (χ0v) is 6.80. The molecule has 0 bridgehead atoms. The van der Waals surface area contributed by atoms with E-state index in [9.17, 15) is 44.4 Å². The van der Waals surface area contributed by atoms with Gasteiger partial charge in [0, 0.05) is 4.53 Å². The van der Waals surface area contributed by atoms with E-state index in [1.165, 1.54) is 0 Å². The molecule has 0 aliphatic heterocycles. The van der Waals surface area contributed by atoms with Crippen LogP contribution in [-0.2, 0) is 9.74 Å². The van der Waals surface area contributed by atoms with Gasteiger partial charge in [0.15, 0.2) is 0 Å². The predicted octanol–water partition coefficient (Wildman–Crippen LogP) is 2.59. The predicted molar refractivity (Wildman–Crippen MR) is 28.0 cm³/mol. The molecule has 0 rings (SSSR count). The van der Waals surface area contributed by atoms with Gasteiger partial charge in [0.05, 0.1) is 0 Å². The molecule has 0 N–H and O–H groups in total. The van der Waals surface area contributed by atoms with E-state index in [0.717, 1.165) is 0 Å². The Labute approximate surface area is 80.9 Å². The summed E-state index contributed by atoms with van der Waals surface area (Å²) in [6.45, 7) is 0. The molecule has 0 heterocycles. The highest BCUT2D eigenvalue weighted by Gasteiger charge is 2.79. The number of hydrogen-bond donors (Lipinski definition) is 0. The minimum Gasteiger partial charge on any atom is -0.248 e. The van der Waals surface area contributed by atoms with Gasteiger partial charge in [0.25, 0.3) is 0 Å². The lowest BCUT2D eigenvalue weighted by Gasteiger charge is -2.29. The fourth-order valence-corrected chi connectivity index (χ4v) is 0.523.